The minimum atomic E-state index is -1.38. The van der Waals surface area contributed by atoms with Gasteiger partial charge in [0.25, 0.3) is 0 Å². The zero-order valence-electron chi connectivity index (χ0n) is 11.5. The van der Waals surface area contributed by atoms with Crippen LogP contribution >= 0.6 is 0 Å². The monoisotopic (exact) mass is 287 g/mol. The van der Waals surface area contributed by atoms with Gasteiger partial charge in [-0.2, -0.15) is 0 Å². The number of benzene rings is 1. The van der Waals surface area contributed by atoms with E-state index in [1.807, 2.05) is 13.8 Å². The second-order valence-electron chi connectivity index (χ2n) is 5.46. The molecule has 0 fully saturated rings. The molecule has 0 spiro atoms. The molecular weight excluding hydrogens is 268 g/mol. The summed E-state index contributed by atoms with van der Waals surface area (Å²) in [5.74, 6) is -3.24. The molecule has 0 saturated carbocycles. The molecule has 20 heavy (non-hydrogen) atoms. The van der Waals surface area contributed by atoms with E-state index in [0.717, 1.165) is 12.1 Å². The SMILES string of the molecule is CC(C)(CCCO)CNc1c(F)cc(C(=O)O)cc1F. The topological polar surface area (TPSA) is 69.6 Å². The number of aliphatic hydroxyl groups is 1. The molecule has 0 atom stereocenters. The molecule has 3 N–H and O–H groups in total. The van der Waals surface area contributed by atoms with Gasteiger partial charge in [-0.1, -0.05) is 13.8 Å². The number of aliphatic hydroxyl groups excluding tert-OH is 1. The van der Waals surface area contributed by atoms with Crippen LogP contribution in [0.1, 0.15) is 37.0 Å². The number of rotatable bonds is 7. The summed E-state index contributed by atoms with van der Waals surface area (Å²) in [6.07, 6.45) is 1.31. The van der Waals surface area contributed by atoms with Gasteiger partial charge in [0.1, 0.15) is 17.3 Å². The lowest BCUT2D eigenvalue weighted by molar-refractivity contribution is 0.0695. The van der Waals surface area contributed by atoms with E-state index < -0.39 is 23.2 Å². The Labute approximate surface area is 116 Å². The van der Waals surface area contributed by atoms with Crippen molar-refractivity contribution in [2.24, 2.45) is 5.41 Å². The van der Waals surface area contributed by atoms with Crippen LogP contribution in [0, 0.1) is 17.0 Å². The van der Waals surface area contributed by atoms with Crippen molar-refractivity contribution in [2.75, 3.05) is 18.5 Å². The molecule has 0 aromatic heterocycles. The molecule has 0 radical (unpaired) electrons. The Morgan fingerprint density at radius 1 is 1.30 bits per heavy atom. The predicted molar refractivity (Wildman–Crippen MR) is 71.9 cm³/mol. The van der Waals surface area contributed by atoms with Crippen molar-refractivity contribution in [1.29, 1.82) is 0 Å². The van der Waals surface area contributed by atoms with Gasteiger partial charge in [0.15, 0.2) is 0 Å². The third kappa shape index (κ3) is 4.45. The van der Waals surface area contributed by atoms with Gasteiger partial charge in [-0.25, -0.2) is 13.6 Å². The summed E-state index contributed by atoms with van der Waals surface area (Å²) < 4.78 is 27.4. The molecule has 1 rings (SSSR count). The summed E-state index contributed by atoms with van der Waals surface area (Å²) in [6, 6.07) is 1.57. The maximum absolute atomic E-state index is 13.7. The van der Waals surface area contributed by atoms with E-state index in [4.69, 9.17) is 10.2 Å². The average Bonchev–Trinajstić information content (AvgIpc) is 2.35. The van der Waals surface area contributed by atoms with Gasteiger partial charge in [-0.15, -0.1) is 0 Å². The quantitative estimate of drug-likeness (QED) is 0.721. The van der Waals surface area contributed by atoms with Crippen LogP contribution in [-0.4, -0.2) is 29.3 Å². The van der Waals surface area contributed by atoms with E-state index >= 15 is 0 Å². The lowest BCUT2D eigenvalue weighted by atomic mass is 9.88. The van der Waals surface area contributed by atoms with E-state index in [2.05, 4.69) is 5.32 Å². The molecule has 1 aromatic rings. The molecule has 0 saturated heterocycles. The zero-order chi connectivity index (χ0) is 15.3. The van der Waals surface area contributed by atoms with Gasteiger partial charge in [-0.05, 0) is 30.4 Å². The molecular formula is C14H19F2NO3. The molecule has 0 unspecified atom stereocenters. The van der Waals surface area contributed by atoms with Gasteiger partial charge in [0.05, 0.1) is 5.56 Å². The van der Waals surface area contributed by atoms with Crippen molar-refractivity contribution in [3.63, 3.8) is 0 Å². The number of hydrogen-bond acceptors (Lipinski definition) is 3. The average molecular weight is 287 g/mol. The number of carboxylic acids is 1. The predicted octanol–water partition coefficient (Wildman–Crippen LogP) is 2.87. The first-order valence-corrected chi connectivity index (χ1v) is 6.34. The number of carboxylic acid groups (broad SMARTS) is 1. The Morgan fingerprint density at radius 3 is 2.30 bits per heavy atom. The highest BCUT2D eigenvalue weighted by Crippen LogP contribution is 2.26. The van der Waals surface area contributed by atoms with Crippen molar-refractivity contribution in [3.05, 3.63) is 29.3 Å². The molecule has 0 bridgehead atoms. The first-order valence-electron chi connectivity index (χ1n) is 6.34. The maximum atomic E-state index is 13.7. The molecule has 0 amide bonds. The molecule has 6 heteroatoms. The second-order valence-corrected chi connectivity index (χ2v) is 5.46. The van der Waals surface area contributed by atoms with Crippen LogP contribution in [-0.2, 0) is 0 Å². The van der Waals surface area contributed by atoms with Gasteiger partial charge < -0.3 is 15.5 Å². The fourth-order valence-corrected chi connectivity index (χ4v) is 1.84. The van der Waals surface area contributed by atoms with E-state index in [-0.39, 0.29) is 17.7 Å². The number of nitrogens with one attached hydrogen (secondary N) is 1. The fourth-order valence-electron chi connectivity index (χ4n) is 1.84. The van der Waals surface area contributed by atoms with Crippen LogP contribution in [0.15, 0.2) is 12.1 Å². The fraction of sp³-hybridized carbons (Fsp3) is 0.500. The normalized spacial score (nSPS) is 11.4. The first-order chi connectivity index (χ1) is 9.26. The van der Waals surface area contributed by atoms with Crippen molar-refractivity contribution >= 4 is 11.7 Å². The van der Waals surface area contributed by atoms with Crippen molar-refractivity contribution in [2.45, 2.75) is 26.7 Å². The Hall–Kier alpha value is -1.69. The molecule has 0 heterocycles. The highest BCUT2D eigenvalue weighted by Gasteiger charge is 2.20. The molecule has 0 aliphatic rings. The standard InChI is InChI=1S/C14H19F2NO3/c1-14(2,4-3-5-18)8-17-12-10(15)6-9(13(19)20)7-11(12)16/h6-7,17-18H,3-5,8H2,1-2H3,(H,19,20). The highest BCUT2D eigenvalue weighted by molar-refractivity contribution is 5.88. The van der Waals surface area contributed by atoms with E-state index in [0.29, 0.717) is 19.4 Å². The summed E-state index contributed by atoms with van der Waals surface area (Å²) in [6.45, 7) is 4.21. The molecule has 4 nitrogen and oxygen atoms in total. The third-order valence-electron chi connectivity index (χ3n) is 3.04. The van der Waals surface area contributed by atoms with E-state index in [1.165, 1.54) is 0 Å². The highest BCUT2D eigenvalue weighted by atomic mass is 19.1. The number of hydrogen-bond donors (Lipinski definition) is 3. The van der Waals surface area contributed by atoms with Gasteiger partial charge in [0, 0.05) is 13.2 Å². The molecule has 0 aliphatic carbocycles. The minimum Gasteiger partial charge on any atom is -0.478 e. The van der Waals surface area contributed by atoms with Crippen LogP contribution < -0.4 is 5.32 Å². The second kappa shape index (κ2) is 6.65. The molecule has 1 aromatic carbocycles. The Bertz CT molecular complexity index is 466. The maximum Gasteiger partial charge on any atom is 0.335 e. The molecule has 112 valence electrons. The Kier molecular flexibility index (Phi) is 5.44. The van der Waals surface area contributed by atoms with Gasteiger partial charge >= 0.3 is 5.97 Å². The number of aromatic carboxylic acids is 1. The zero-order valence-corrected chi connectivity index (χ0v) is 11.5. The number of anilines is 1. The number of halogens is 2. The number of carbonyl (C=O) groups is 1. The van der Waals surface area contributed by atoms with Crippen LogP contribution in [0.3, 0.4) is 0 Å². The van der Waals surface area contributed by atoms with Crippen molar-refractivity contribution < 1.29 is 23.8 Å². The van der Waals surface area contributed by atoms with Crippen molar-refractivity contribution in [3.8, 4) is 0 Å². The van der Waals surface area contributed by atoms with Crippen molar-refractivity contribution in [1.82, 2.24) is 0 Å². The summed E-state index contributed by atoms with van der Waals surface area (Å²) >= 11 is 0. The van der Waals surface area contributed by atoms with Crippen LogP contribution in [0.2, 0.25) is 0 Å². The lowest BCUT2D eigenvalue weighted by Crippen LogP contribution is -2.24. The van der Waals surface area contributed by atoms with E-state index in [1.54, 1.807) is 0 Å². The van der Waals surface area contributed by atoms with Crippen LogP contribution in [0.25, 0.3) is 0 Å². The first kappa shape index (κ1) is 16.4. The van der Waals surface area contributed by atoms with Gasteiger partial charge in [-0.3, -0.25) is 0 Å². The third-order valence-corrected chi connectivity index (χ3v) is 3.04. The minimum absolute atomic E-state index is 0.0689. The molecule has 0 aliphatic heterocycles. The lowest BCUT2D eigenvalue weighted by Gasteiger charge is -2.25. The van der Waals surface area contributed by atoms with Gasteiger partial charge in [0.2, 0.25) is 0 Å². The summed E-state index contributed by atoms with van der Waals surface area (Å²) in [4.78, 5) is 10.7. The summed E-state index contributed by atoms with van der Waals surface area (Å²) in [5.41, 5.74) is -0.996. The summed E-state index contributed by atoms with van der Waals surface area (Å²) in [5, 5.41) is 20.2. The summed E-state index contributed by atoms with van der Waals surface area (Å²) in [7, 11) is 0. The van der Waals surface area contributed by atoms with Crippen LogP contribution in [0.5, 0.6) is 0 Å². The van der Waals surface area contributed by atoms with Crippen LogP contribution in [0.4, 0.5) is 14.5 Å². The van der Waals surface area contributed by atoms with E-state index in [9.17, 15) is 13.6 Å². The Balaban J connectivity index is 2.81. The Morgan fingerprint density at radius 2 is 1.85 bits per heavy atom. The smallest absolute Gasteiger partial charge is 0.335 e. The largest absolute Gasteiger partial charge is 0.478 e.